The summed E-state index contributed by atoms with van der Waals surface area (Å²) in [6.45, 7) is 3.94. The molecule has 2 nitrogen and oxygen atoms in total. The number of nitrogens with one attached hydrogen (secondary N) is 1. The number of carbonyl (C=O) groups excluding carboxylic acids is 1. The largest absolute Gasteiger partial charge is 0.322 e. The number of aryl methyl sites for hydroxylation is 2. The molecule has 0 aliphatic carbocycles. The smallest absolute Gasteiger partial charge is 0.256 e. The Labute approximate surface area is 98.9 Å². The first-order valence-corrected chi connectivity index (χ1v) is 5.97. The van der Waals surface area contributed by atoms with E-state index in [0.29, 0.717) is 0 Å². The molecule has 1 heterocycles. The molecule has 1 amide bonds. The van der Waals surface area contributed by atoms with Gasteiger partial charge in [-0.15, -0.1) is 11.3 Å². The van der Waals surface area contributed by atoms with Gasteiger partial charge in [-0.25, -0.2) is 0 Å². The zero-order chi connectivity index (χ0) is 11.5. The van der Waals surface area contributed by atoms with Crippen LogP contribution in [0.5, 0.6) is 0 Å². The van der Waals surface area contributed by atoms with Crippen molar-refractivity contribution in [3.8, 4) is 0 Å². The van der Waals surface area contributed by atoms with Crippen LogP contribution in [0.4, 0.5) is 5.69 Å². The van der Waals surface area contributed by atoms with Crippen molar-refractivity contribution in [3.05, 3.63) is 51.7 Å². The number of amides is 1. The fourth-order valence-corrected chi connectivity index (χ4v) is 2.22. The van der Waals surface area contributed by atoms with E-state index in [0.717, 1.165) is 21.7 Å². The molecule has 0 bridgehead atoms. The average molecular weight is 231 g/mol. The SMILES string of the molecule is Cc1ccccc1NC(=O)c1ccsc1C. The summed E-state index contributed by atoms with van der Waals surface area (Å²) < 4.78 is 0. The Morgan fingerprint density at radius 2 is 1.94 bits per heavy atom. The molecule has 82 valence electrons. The van der Waals surface area contributed by atoms with Gasteiger partial charge >= 0.3 is 0 Å². The van der Waals surface area contributed by atoms with Gasteiger partial charge in [0.15, 0.2) is 0 Å². The van der Waals surface area contributed by atoms with Crippen molar-refractivity contribution in [1.82, 2.24) is 0 Å². The number of thiophene rings is 1. The second-order valence-corrected chi connectivity index (χ2v) is 4.78. The van der Waals surface area contributed by atoms with E-state index in [9.17, 15) is 4.79 Å². The molecule has 0 spiro atoms. The highest BCUT2D eigenvalue weighted by atomic mass is 32.1. The lowest BCUT2D eigenvalue weighted by atomic mass is 10.2. The lowest BCUT2D eigenvalue weighted by Crippen LogP contribution is -2.12. The first-order valence-electron chi connectivity index (χ1n) is 5.09. The zero-order valence-electron chi connectivity index (χ0n) is 9.28. The van der Waals surface area contributed by atoms with Crippen LogP contribution in [0.25, 0.3) is 0 Å². The molecule has 0 fully saturated rings. The maximum Gasteiger partial charge on any atom is 0.256 e. The van der Waals surface area contributed by atoms with E-state index in [-0.39, 0.29) is 5.91 Å². The molecule has 0 radical (unpaired) electrons. The summed E-state index contributed by atoms with van der Waals surface area (Å²) in [5.74, 6) is -0.0342. The van der Waals surface area contributed by atoms with Crippen LogP contribution in [-0.4, -0.2) is 5.91 Å². The predicted molar refractivity (Wildman–Crippen MR) is 68.2 cm³/mol. The lowest BCUT2D eigenvalue weighted by Gasteiger charge is -2.07. The number of anilines is 1. The third-order valence-corrected chi connectivity index (χ3v) is 3.34. The molecule has 0 atom stereocenters. The molecule has 0 saturated carbocycles. The third-order valence-electron chi connectivity index (χ3n) is 2.50. The second kappa shape index (κ2) is 4.49. The van der Waals surface area contributed by atoms with Crippen molar-refractivity contribution in [2.45, 2.75) is 13.8 Å². The average Bonchev–Trinajstić information content (AvgIpc) is 2.68. The Kier molecular flexibility index (Phi) is 3.06. The zero-order valence-corrected chi connectivity index (χ0v) is 10.1. The van der Waals surface area contributed by atoms with Gasteiger partial charge in [-0.2, -0.15) is 0 Å². The third kappa shape index (κ3) is 2.14. The summed E-state index contributed by atoms with van der Waals surface area (Å²) in [6.07, 6.45) is 0. The quantitative estimate of drug-likeness (QED) is 0.840. The van der Waals surface area contributed by atoms with Crippen LogP contribution in [0.3, 0.4) is 0 Å². The Balaban J connectivity index is 2.21. The molecule has 1 aromatic heterocycles. The van der Waals surface area contributed by atoms with Crippen molar-refractivity contribution in [2.24, 2.45) is 0 Å². The first-order chi connectivity index (χ1) is 7.68. The van der Waals surface area contributed by atoms with Crippen LogP contribution in [0.15, 0.2) is 35.7 Å². The normalized spacial score (nSPS) is 10.1. The van der Waals surface area contributed by atoms with Gasteiger partial charge in [-0.1, -0.05) is 18.2 Å². The summed E-state index contributed by atoms with van der Waals surface area (Å²) in [7, 11) is 0. The van der Waals surface area contributed by atoms with Crippen LogP contribution in [0.2, 0.25) is 0 Å². The van der Waals surface area contributed by atoms with Crippen LogP contribution >= 0.6 is 11.3 Å². The number of hydrogen-bond acceptors (Lipinski definition) is 2. The van der Waals surface area contributed by atoms with Gasteiger partial charge in [0.1, 0.15) is 0 Å². The Hall–Kier alpha value is -1.61. The first kappa shape index (κ1) is 10.9. The van der Waals surface area contributed by atoms with Gasteiger partial charge in [-0.3, -0.25) is 4.79 Å². The molecule has 1 N–H and O–H groups in total. The lowest BCUT2D eigenvalue weighted by molar-refractivity contribution is 0.102. The van der Waals surface area contributed by atoms with Gasteiger partial charge in [0.2, 0.25) is 0 Å². The number of hydrogen-bond donors (Lipinski definition) is 1. The minimum atomic E-state index is -0.0342. The standard InChI is InChI=1S/C13H13NOS/c1-9-5-3-4-6-12(9)14-13(15)11-7-8-16-10(11)2/h3-8H,1-2H3,(H,14,15). The monoisotopic (exact) mass is 231 g/mol. The highest BCUT2D eigenvalue weighted by Gasteiger charge is 2.10. The fourth-order valence-electron chi connectivity index (χ4n) is 1.52. The molecule has 0 aliphatic rings. The Morgan fingerprint density at radius 3 is 2.56 bits per heavy atom. The maximum absolute atomic E-state index is 11.9. The van der Waals surface area contributed by atoms with E-state index in [1.807, 2.05) is 49.6 Å². The molecule has 16 heavy (non-hydrogen) atoms. The van der Waals surface area contributed by atoms with E-state index in [1.165, 1.54) is 0 Å². The summed E-state index contributed by atoms with van der Waals surface area (Å²) in [4.78, 5) is 13.0. The van der Waals surface area contributed by atoms with Crippen LogP contribution in [0.1, 0.15) is 20.8 Å². The summed E-state index contributed by atoms with van der Waals surface area (Å²) in [5.41, 5.74) is 2.70. The van der Waals surface area contributed by atoms with Gasteiger partial charge in [0.25, 0.3) is 5.91 Å². The number of para-hydroxylation sites is 1. The number of rotatable bonds is 2. The van der Waals surface area contributed by atoms with Crippen molar-refractivity contribution in [2.75, 3.05) is 5.32 Å². The Morgan fingerprint density at radius 1 is 1.19 bits per heavy atom. The molecule has 0 saturated heterocycles. The van der Waals surface area contributed by atoms with E-state index < -0.39 is 0 Å². The van der Waals surface area contributed by atoms with E-state index >= 15 is 0 Å². The minimum absolute atomic E-state index is 0.0342. The van der Waals surface area contributed by atoms with E-state index in [2.05, 4.69) is 5.32 Å². The maximum atomic E-state index is 11.9. The minimum Gasteiger partial charge on any atom is -0.322 e. The highest BCUT2D eigenvalue weighted by molar-refractivity contribution is 7.10. The van der Waals surface area contributed by atoms with Crippen LogP contribution in [-0.2, 0) is 0 Å². The van der Waals surface area contributed by atoms with Gasteiger partial charge < -0.3 is 5.32 Å². The molecule has 0 unspecified atom stereocenters. The number of benzene rings is 1. The molecule has 0 aliphatic heterocycles. The second-order valence-electron chi connectivity index (χ2n) is 3.66. The molecule has 2 rings (SSSR count). The molecular formula is C13H13NOS. The van der Waals surface area contributed by atoms with Crippen LogP contribution < -0.4 is 5.32 Å². The molecule has 2 aromatic rings. The van der Waals surface area contributed by atoms with Crippen molar-refractivity contribution < 1.29 is 4.79 Å². The Bertz CT molecular complexity index is 516. The van der Waals surface area contributed by atoms with E-state index in [1.54, 1.807) is 11.3 Å². The van der Waals surface area contributed by atoms with E-state index in [4.69, 9.17) is 0 Å². The summed E-state index contributed by atoms with van der Waals surface area (Å²) >= 11 is 1.59. The van der Waals surface area contributed by atoms with Crippen molar-refractivity contribution >= 4 is 22.9 Å². The van der Waals surface area contributed by atoms with Crippen molar-refractivity contribution in [1.29, 1.82) is 0 Å². The fraction of sp³-hybridized carbons (Fsp3) is 0.154. The van der Waals surface area contributed by atoms with Crippen LogP contribution in [0, 0.1) is 13.8 Å². The predicted octanol–water partition coefficient (Wildman–Crippen LogP) is 3.62. The molecule has 1 aromatic carbocycles. The van der Waals surface area contributed by atoms with Gasteiger partial charge in [-0.05, 0) is 36.9 Å². The highest BCUT2D eigenvalue weighted by Crippen LogP contribution is 2.18. The summed E-state index contributed by atoms with van der Waals surface area (Å²) in [5, 5.41) is 4.85. The van der Waals surface area contributed by atoms with Crippen molar-refractivity contribution in [3.63, 3.8) is 0 Å². The topological polar surface area (TPSA) is 29.1 Å². The number of carbonyl (C=O) groups is 1. The van der Waals surface area contributed by atoms with Gasteiger partial charge in [0, 0.05) is 10.6 Å². The molecule has 3 heteroatoms. The summed E-state index contributed by atoms with van der Waals surface area (Å²) in [6, 6.07) is 9.63. The molecular weight excluding hydrogens is 218 g/mol. The van der Waals surface area contributed by atoms with Gasteiger partial charge in [0.05, 0.1) is 5.56 Å².